The number of fused-ring (bicyclic) bond motifs is 3. The van der Waals surface area contributed by atoms with E-state index in [1.807, 2.05) is 50.2 Å². The second kappa shape index (κ2) is 6.92. The molecule has 1 heterocycles. The topological polar surface area (TPSA) is 39.2 Å². The van der Waals surface area contributed by atoms with Gasteiger partial charge in [0.1, 0.15) is 0 Å². The summed E-state index contributed by atoms with van der Waals surface area (Å²) >= 11 is 0. The van der Waals surface area contributed by atoms with Crippen LogP contribution in [0.25, 0.3) is 21.8 Å². The van der Waals surface area contributed by atoms with Crippen LogP contribution in [0.15, 0.2) is 60.7 Å². The van der Waals surface area contributed by atoms with Gasteiger partial charge in [-0.3, -0.25) is 4.79 Å². The molecule has 0 N–H and O–H groups in total. The molecule has 0 saturated heterocycles. The number of hydrogen-bond acceptors (Lipinski definition) is 2. The number of carbonyl (C=O) groups excluding carboxylic acids is 1. The lowest BCUT2D eigenvalue weighted by atomic mass is 9.50. The Morgan fingerprint density at radius 1 is 1.03 bits per heavy atom. The van der Waals surface area contributed by atoms with E-state index in [9.17, 15) is 4.79 Å². The molecule has 0 bridgehead atoms. The van der Waals surface area contributed by atoms with Crippen molar-refractivity contribution in [2.45, 2.75) is 51.5 Å². The lowest BCUT2D eigenvalue weighted by Gasteiger charge is -2.52. The fourth-order valence-electron chi connectivity index (χ4n) is 6.23. The zero-order valence-corrected chi connectivity index (χ0v) is 18.3. The Balaban J connectivity index is 1.79. The number of rotatable bonds is 2. The Bertz CT molecular complexity index is 1190. The molecule has 0 radical (unpaired) electrons. The van der Waals surface area contributed by atoms with Crippen LogP contribution >= 0.6 is 0 Å². The first kappa shape index (κ1) is 19.8. The monoisotopic (exact) mass is 409 g/mol. The van der Waals surface area contributed by atoms with Crippen LogP contribution in [0.4, 0.5) is 0 Å². The van der Waals surface area contributed by atoms with Gasteiger partial charge in [-0.15, -0.1) is 0 Å². The second-order valence-electron chi connectivity index (χ2n) is 9.73. The van der Waals surface area contributed by atoms with Gasteiger partial charge in [0.25, 0.3) is 6.04 Å². The number of nitrogens with zero attached hydrogens (tertiary/aromatic N) is 3. The van der Waals surface area contributed by atoms with Crippen LogP contribution in [-0.2, 0) is 16.6 Å². The lowest BCUT2D eigenvalue weighted by molar-refractivity contribution is -0.137. The lowest BCUT2D eigenvalue weighted by Crippen LogP contribution is -2.57. The maximum absolute atomic E-state index is 13.1. The summed E-state index contributed by atoms with van der Waals surface area (Å²) in [5.74, 6) is 0.281. The molecule has 2 aliphatic rings. The van der Waals surface area contributed by atoms with Gasteiger partial charge in [-0.1, -0.05) is 69.3 Å². The number of Topliss-reactive ketones (excluding diaryl/α,β-unsaturated/α-hetero) is 1. The maximum atomic E-state index is 13.1. The normalized spacial score (nSPS) is 26.6. The Morgan fingerprint density at radius 3 is 2.32 bits per heavy atom. The van der Waals surface area contributed by atoms with E-state index in [-0.39, 0.29) is 17.1 Å². The molecule has 1 fully saturated rings. The van der Waals surface area contributed by atoms with Gasteiger partial charge in [0.2, 0.25) is 5.78 Å². The summed E-state index contributed by atoms with van der Waals surface area (Å²) in [6, 6.07) is 20.0. The van der Waals surface area contributed by atoms with Gasteiger partial charge in [0.15, 0.2) is 0 Å². The Morgan fingerprint density at radius 2 is 1.68 bits per heavy atom. The molecule has 2 aliphatic carbocycles. The summed E-state index contributed by atoms with van der Waals surface area (Å²) in [5, 5.41) is 5.14. The van der Waals surface area contributed by atoms with Gasteiger partial charge in [0.05, 0.1) is 17.1 Å². The van der Waals surface area contributed by atoms with Crippen LogP contribution < -0.4 is 0 Å². The van der Waals surface area contributed by atoms with Crippen LogP contribution in [0.1, 0.15) is 44.9 Å². The van der Waals surface area contributed by atoms with Gasteiger partial charge >= 0.3 is 0 Å². The Kier molecular flexibility index (Phi) is 4.41. The zero-order chi connectivity index (χ0) is 21.8. The highest BCUT2D eigenvalue weighted by molar-refractivity contribution is 5.92. The molecule has 5 rings (SSSR count). The molecule has 1 unspecified atom stereocenters. The third kappa shape index (κ3) is 2.80. The number of benzene rings is 2. The average molecular weight is 410 g/mol. The third-order valence-corrected chi connectivity index (χ3v) is 7.61. The highest BCUT2D eigenvalue weighted by Crippen LogP contribution is 2.57. The minimum Gasteiger partial charge on any atom is -0.305 e. The van der Waals surface area contributed by atoms with Crippen molar-refractivity contribution < 1.29 is 4.79 Å². The summed E-state index contributed by atoms with van der Waals surface area (Å²) in [5.41, 5.74) is 4.79. The second-order valence-corrected chi connectivity index (χ2v) is 9.73. The third-order valence-electron chi connectivity index (χ3n) is 7.61. The van der Waals surface area contributed by atoms with E-state index in [1.165, 1.54) is 11.3 Å². The predicted octanol–water partition coefficient (Wildman–Crippen LogP) is 5.65. The summed E-state index contributed by atoms with van der Waals surface area (Å²) in [6.45, 7) is 14.1. The summed E-state index contributed by atoms with van der Waals surface area (Å²) < 4.78 is 2.09. The van der Waals surface area contributed by atoms with E-state index < -0.39 is 11.5 Å². The van der Waals surface area contributed by atoms with Crippen LogP contribution in [0.3, 0.4) is 0 Å². The molecule has 0 spiro atoms. The maximum Gasteiger partial charge on any atom is 0.282 e. The van der Waals surface area contributed by atoms with Crippen LogP contribution in [-0.4, -0.2) is 21.6 Å². The van der Waals surface area contributed by atoms with Crippen molar-refractivity contribution in [2.75, 3.05) is 0 Å². The first-order chi connectivity index (χ1) is 14.9. The molecule has 31 heavy (non-hydrogen) atoms. The van der Waals surface area contributed by atoms with E-state index in [1.54, 1.807) is 0 Å². The van der Waals surface area contributed by atoms with E-state index in [0.717, 1.165) is 29.8 Å². The Hall–Kier alpha value is -3.19. The van der Waals surface area contributed by atoms with Crippen molar-refractivity contribution in [1.29, 1.82) is 0 Å². The van der Waals surface area contributed by atoms with Gasteiger partial charge in [0, 0.05) is 28.4 Å². The first-order valence-electron chi connectivity index (χ1n) is 11.0. The number of hydrogen-bond donors (Lipinski definition) is 0. The first-order valence-corrected chi connectivity index (χ1v) is 11.0. The molecule has 4 nitrogen and oxygen atoms in total. The molecular formula is C27H27N3O. The number of carbonyl (C=O) groups is 1. The zero-order valence-electron chi connectivity index (χ0n) is 18.3. The SMILES string of the molecule is [C-]#[N+]C1C[C@]2(C)c3c(c(-c4ccccc4)nn3-c3ccccc3)CC[C@H]2C(C)(C)C1=O. The van der Waals surface area contributed by atoms with Crippen molar-refractivity contribution in [3.05, 3.63) is 83.3 Å². The quantitative estimate of drug-likeness (QED) is 0.513. The summed E-state index contributed by atoms with van der Waals surface area (Å²) in [6.07, 6.45) is 2.39. The molecule has 4 heteroatoms. The smallest absolute Gasteiger partial charge is 0.282 e. The van der Waals surface area contributed by atoms with Crippen molar-refractivity contribution in [2.24, 2.45) is 11.3 Å². The minimum absolute atomic E-state index is 0.0995. The molecule has 2 aromatic carbocycles. The standard InChI is InChI=1S/C27H27N3O/c1-26(2)22-16-15-20-23(18-11-7-5-8-12-18)29-30(19-13-9-6-10-14-19)24(20)27(22,3)17-21(28-4)25(26)31/h5-14,21-22H,15-17H2,1-3H3/t21?,22-,27-/m0/s1. The van der Waals surface area contributed by atoms with Crippen molar-refractivity contribution in [3.8, 4) is 16.9 Å². The number of para-hydroxylation sites is 1. The van der Waals surface area contributed by atoms with Crippen LogP contribution in [0.5, 0.6) is 0 Å². The number of aromatic nitrogens is 2. The van der Waals surface area contributed by atoms with Crippen LogP contribution in [0, 0.1) is 17.9 Å². The van der Waals surface area contributed by atoms with Gasteiger partial charge in [-0.25, -0.2) is 11.3 Å². The van der Waals surface area contributed by atoms with E-state index in [2.05, 4.69) is 40.7 Å². The molecule has 1 aromatic heterocycles. The molecule has 3 aromatic rings. The Labute approximate surface area is 183 Å². The summed E-state index contributed by atoms with van der Waals surface area (Å²) in [4.78, 5) is 16.9. The van der Waals surface area contributed by atoms with Crippen molar-refractivity contribution >= 4 is 5.78 Å². The van der Waals surface area contributed by atoms with Gasteiger partial charge in [-0.2, -0.15) is 5.10 Å². The highest BCUT2D eigenvalue weighted by atomic mass is 16.1. The summed E-state index contributed by atoms with van der Waals surface area (Å²) in [7, 11) is 0. The molecule has 3 atom stereocenters. The fourth-order valence-corrected chi connectivity index (χ4v) is 6.23. The van der Waals surface area contributed by atoms with E-state index in [0.29, 0.717) is 6.42 Å². The predicted molar refractivity (Wildman–Crippen MR) is 122 cm³/mol. The molecular weight excluding hydrogens is 382 g/mol. The molecule has 156 valence electrons. The van der Waals surface area contributed by atoms with Gasteiger partial charge in [-0.05, 0) is 30.9 Å². The molecule has 0 amide bonds. The molecule has 0 aliphatic heterocycles. The van der Waals surface area contributed by atoms with E-state index in [4.69, 9.17) is 11.7 Å². The van der Waals surface area contributed by atoms with E-state index >= 15 is 0 Å². The fraction of sp³-hybridized carbons (Fsp3) is 0.370. The average Bonchev–Trinajstić information content (AvgIpc) is 3.19. The largest absolute Gasteiger partial charge is 0.305 e. The van der Waals surface area contributed by atoms with Gasteiger partial charge < -0.3 is 4.85 Å². The molecule has 1 saturated carbocycles. The van der Waals surface area contributed by atoms with Crippen molar-refractivity contribution in [3.63, 3.8) is 0 Å². The van der Waals surface area contributed by atoms with Crippen molar-refractivity contribution in [1.82, 2.24) is 9.78 Å². The van der Waals surface area contributed by atoms with Crippen LogP contribution in [0.2, 0.25) is 0 Å². The highest BCUT2D eigenvalue weighted by Gasteiger charge is 2.61. The number of ketones is 1. The minimum atomic E-state index is -0.596.